The van der Waals surface area contributed by atoms with Crippen molar-refractivity contribution in [2.75, 3.05) is 28.2 Å². The SMILES string of the molecule is CCC1OC(=O)C[C@@H](O)[C@H](C)[C@@H](O[C@@H]2OC(C)[C@@H](O[C@H]3CC(C)(O)[C@@H](O)C(C)O3)C(N(C)C)C2O)[C@@H](CC=O)C[C@@H](C)[C@@H](O[C@H]2CC[C@H](N(C)C)C(C)O2)C=CC(C)=C[C@@H]1C. The van der Waals surface area contributed by atoms with Crippen molar-refractivity contribution in [3.05, 3.63) is 23.8 Å². The lowest BCUT2D eigenvalue weighted by atomic mass is 9.79. The normalized spacial score (nSPS) is 45.1. The van der Waals surface area contributed by atoms with Crippen molar-refractivity contribution in [3.63, 3.8) is 0 Å². The number of hydrogen-bond donors (Lipinski definition) is 4. The van der Waals surface area contributed by atoms with Crippen LogP contribution in [-0.4, -0.2) is 168 Å². The molecule has 4 heterocycles. The molecule has 0 aromatic rings. The Morgan fingerprint density at radius 3 is 2.15 bits per heavy atom. The van der Waals surface area contributed by atoms with Crippen molar-refractivity contribution in [1.82, 2.24) is 9.80 Å². The van der Waals surface area contributed by atoms with E-state index in [2.05, 4.69) is 38.9 Å². The number of carbonyl (C=O) groups is 2. The predicted molar refractivity (Wildman–Crippen MR) is 229 cm³/mol. The first kappa shape index (κ1) is 51.8. The summed E-state index contributed by atoms with van der Waals surface area (Å²) in [5.41, 5.74) is -0.484. The molecule has 4 aliphatic rings. The molecule has 3 saturated heterocycles. The van der Waals surface area contributed by atoms with E-state index in [-0.39, 0.29) is 43.2 Å². The molecule has 0 bridgehead atoms. The topological polar surface area (TPSA) is 186 Å². The van der Waals surface area contributed by atoms with Crippen molar-refractivity contribution in [2.24, 2.45) is 23.7 Å². The fourth-order valence-electron chi connectivity index (χ4n) is 9.85. The summed E-state index contributed by atoms with van der Waals surface area (Å²) < 4.78 is 44.8. The van der Waals surface area contributed by atoms with Crippen LogP contribution < -0.4 is 0 Å². The summed E-state index contributed by atoms with van der Waals surface area (Å²) in [5.74, 6) is -2.05. The molecule has 4 aliphatic heterocycles. The van der Waals surface area contributed by atoms with E-state index >= 15 is 0 Å². The second-order valence-electron chi connectivity index (χ2n) is 19.2. The summed E-state index contributed by atoms with van der Waals surface area (Å²) in [7, 11) is 7.71. The van der Waals surface area contributed by atoms with Crippen LogP contribution in [0.2, 0.25) is 0 Å². The van der Waals surface area contributed by atoms with Gasteiger partial charge >= 0.3 is 5.97 Å². The molecule has 4 N–H and O–H groups in total. The Morgan fingerprint density at radius 2 is 1.56 bits per heavy atom. The molecule has 4 rings (SSSR count). The van der Waals surface area contributed by atoms with E-state index < -0.39 is 103 Å². The number of carbonyl (C=O) groups excluding carboxylic acids is 2. The smallest absolute Gasteiger partial charge is 0.308 e. The summed E-state index contributed by atoms with van der Waals surface area (Å²) in [5, 5.41) is 45.3. The third-order valence-electron chi connectivity index (χ3n) is 13.5. The van der Waals surface area contributed by atoms with Gasteiger partial charge in [0.2, 0.25) is 0 Å². The maximum atomic E-state index is 13.4. The fourth-order valence-corrected chi connectivity index (χ4v) is 9.85. The molecule has 0 aromatic carbocycles. The molecule has 15 heteroatoms. The average Bonchev–Trinajstić information content (AvgIpc) is 3.17. The Labute approximate surface area is 365 Å². The van der Waals surface area contributed by atoms with E-state index in [9.17, 15) is 30.0 Å². The van der Waals surface area contributed by atoms with Crippen LogP contribution >= 0.6 is 0 Å². The first-order valence-corrected chi connectivity index (χ1v) is 22.6. The van der Waals surface area contributed by atoms with E-state index in [0.29, 0.717) is 19.3 Å². The summed E-state index contributed by atoms with van der Waals surface area (Å²) in [4.78, 5) is 29.9. The van der Waals surface area contributed by atoms with Crippen LogP contribution in [0.4, 0.5) is 0 Å². The second kappa shape index (κ2) is 22.9. The number of allylic oxidation sites excluding steroid dienone is 2. The Morgan fingerprint density at radius 1 is 0.885 bits per heavy atom. The highest BCUT2D eigenvalue weighted by Gasteiger charge is 2.51. The number of rotatable bonds is 11. The third-order valence-corrected chi connectivity index (χ3v) is 13.5. The number of aldehydes is 1. The standard InChI is InChI=1S/C46H80N2O13/c1-14-35-26(3)21-25(2)15-17-36(59-38-18-16-33(47(10)11)29(6)55-38)27(4)22-32(19-20-49)42(28(5)34(50)23-37(51)58-35)61-45-41(52)40(48(12)13)43(30(7)57-45)60-39-24-46(9,54)44(53)31(8)56-39/h15,17,20-21,26-36,38-45,50,52-54H,14,16,18-19,22-24H2,1-13H3/t26-,27+,28-,29?,30?,31?,32-,33-,34+,35?,36-,38-,39-,40?,41?,42+,43+,44-,45-,46?/m0/s1. The summed E-state index contributed by atoms with van der Waals surface area (Å²) >= 11 is 0. The minimum atomic E-state index is -1.46. The van der Waals surface area contributed by atoms with Crippen molar-refractivity contribution < 1.29 is 63.2 Å². The first-order chi connectivity index (χ1) is 28.6. The molecule has 7 unspecified atom stereocenters. The van der Waals surface area contributed by atoms with Gasteiger partial charge in [-0.3, -0.25) is 4.79 Å². The third kappa shape index (κ3) is 13.6. The van der Waals surface area contributed by atoms with Crippen molar-refractivity contribution in [3.8, 4) is 0 Å². The summed E-state index contributed by atoms with van der Waals surface area (Å²) in [6.45, 7) is 16.9. The molecule has 352 valence electrons. The highest BCUT2D eigenvalue weighted by atomic mass is 16.7. The van der Waals surface area contributed by atoms with E-state index in [1.54, 1.807) is 34.9 Å². The van der Waals surface area contributed by atoms with Crippen LogP contribution in [0.5, 0.6) is 0 Å². The lowest BCUT2D eigenvalue weighted by Gasteiger charge is -2.50. The zero-order valence-corrected chi connectivity index (χ0v) is 39.1. The largest absolute Gasteiger partial charge is 0.462 e. The predicted octanol–water partition coefficient (Wildman–Crippen LogP) is 3.97. The Balaban J connectivity index is 1.69. The number of nitrogens with zero attached hydrogens (tertiary/aromatic N) is 2. The van der Waals surface area contributed by atoms with Gasteiger partial charge in [-0.25, -0.2) is 0 Å². The summed E-state index contributed by atoms with van der Waals surface area (Å²) in [6.07, 6.45) is -0.704. The van der Waals surface area contributed by atoms with Crippen molar-refractivity contribution in [1.29, 1.82) is 0 Å². The minimum Gasteiger partial charge on any atom is -0.462 e. The molecule has 61 heavy (non-hydrogen) atoms. The van der Waals surface area contributed by atoms with Gasteiger partial charge in [-0.15, -0.1) is 0 Å². The van der Waals surface area contributed by atoms with Crippen LogP contribution in [-0.2, 0) is 42.7 Å². The number of aliphatic hydroxyl groups is 4. The summed E-state index contributed by atoms with van der Waals surface area (Å²) in [6, 6.07) is -0.421. The van der Waals surface area contributed by atoms with Crippen LogP contribution in [0.25, 0.3) is 0 Å². The Kier molecular flexibility index (Phi) is 19.4. The monoisotopic (exact) mass is 869 g/mol. The van der Waals surface area contributed by atoms with E-state index in [1.807, 2.05) is 37.8 Å². The van der Waals surface area contributed by atoms with Crippen molar-refractivity contribution >= 4 is 12.3 Å². The maximum absolute atomic E-state index is 13.4. The van der Waals surface area contributed by atoms with Crippen LogP contribution in [0.15, 0.2) is 23.8 Å². The second-order valence-corrected chi connectivity index (χ2v) is 19.2. The number of hydrogen-bond acceptors (Lipinski definition) is 15. The molecule has 3 fully saturated rings. The van der Waals surface area contributed by atoms with Gasteiger partial charge in [0.25, 0.3) is 0 Å². The van der Waals surface area contributed by atoms with Crippen LogP contribution in [0, 0.1) is 23.7 Å². The highest BCUT2D eigenvalue weighted by Crippen LogP contribution is 2.38. The van der Waals surface area contributed by atoms with Gasteiger partial charge in [0.1, 0.15) is 30.7 Å². The quantitative estimate of drug-likeness (QED) is 0.173. The Bertz CT molecular complexity index is 1440. The van der Waals surface area contributed by atoms with Crippen LogP contribution in [0.1, 0.15) is 107 Å². The Hall–Kier alpha value is -1.86. The van der Waals surface area contributed by atoms with Gasteiger partial charge < -0.3 is 68.2 Å². The van der Waals surface area contributed by atoms with Gasteiger partial charge in [-0.1, -0.05) is 51.5 Å². The molecule has 0 aromatic heterocycles. The van der Waals surface area contributed by atoms with Crippen LogP contribution in [0.3, 0.4) is 0 Å². The molecule has 0 radical (unpaired) electrons. The van der Waals surface area contributed by atoms with E-state index in [4.69, 9.17) is 33.2 Å². The minimum absolute atomic E-state index is 0.000458. The highest BCUT2D eigenvalue weighted by molar-refractivity contribution is 5.70. The van der Waals surface area contributed by atoms with Crippen molar-refractivity contribution in [2.45, 2.75) is 205 Å². The molecule has 0 amide bonds. The van der Waals surface area contributed by atoms with Gasteiger partial charge in [0, 0.05) is 30.7 Å². The molecule has 20 atom stereocenters. The molecule has 15 nitrogen and oxygen atoms in total. The molecular formula is C46H80N2O13. The maximum Gasteiger partial charge on any atom is 0.308 e. The number of likely N-dealkylation sites (N-methyl/N-ethyl adjacent to an activating group) is 2. The number of cyclic esters (lactones) is 1. The zero-order valence-electron chi connectivity index (χ0n) is 39.1. The number of aliphatic hydroxyl groups excluding tert-OH is 3. The average molecular weight is 869 g/mol. The van der Waals surface area contributed by atoms with Gasteiger partial charge in [0.05, 0.1) is 54.7 Å². The van der Waals surface area contributed by atoms with E-state index in [0.717, 1.165) is 18.3 Å². The number of esters is 1. The lowest BCUT2D eigenvalue weighted by molar-refractivity contribution is -0.342. The number of ether oxygens (including phenoxy) is 7. The lowest BCUT2D eigenvalue weighted by Crippen LogP contribution is -2.65. The molecule has 0 spiro atoms. The van der Waals surface area contributed by atoms with E-state index in [1.165, 1.54) is 6.92 Å². The van der Waals surface area contributed by atoms with Gasteiger partial charge in [-0.2, -0.15) is 0 Å². The van der Waals surface area contributed by atoms with Gasteiger partial charge in [-0.05, 0) is 100 Å². The molecule has 0 saturated carbocycles. The zero-order chi connectivity index (χ0) is 45.5. The first-order valence-electron chi connectivity index (χ1n) is 22.6. The fraction of sp³-hybridized carbons (Fsp3) is 0.870. The molecular weight excluding hydrogens is 789 g/mol. The van der Waals surface area contributed by atoms with Gasteiger partial charge in [0.15, 0.2) is 18.9 Å². The molecule has 0 aliphatic carbocycles.